The van der Waals surface area contributed by atoms with Crippen LogP contribution in [0.3, 0.4) is 0 Å². The minimum atomic E-state index is -0.849. The standard InChI is InChI=1S/C24H27N3O4/c1-31-18-11-7-10-17(14-18)25-22(28)15-21-23(29)26-19-12-5-6-13-20(19)27(21)24(30)16-8-3-2-4-9-16/h2-4,7-11,14,19-21H,5-6,12-13,15H2,1H3,(H,25,28)(H,26,29)/t19-,20+,21+/m0/s1. The second-order valence-electron chi connectivity index (χ2n) is 8.05. The summed E-state index contributed by atoms with van der Waals surface area (Å²) in [6.07, 6.45) is 3.58. The van der Waals surface area contributed by atoms with E-state index in [1.165, 1.54) is 0 Å². The molecule has 1 aliphatic carbocycles. The van der Waals surface area contributed by atoms with E-state index >= 15 is 0 Å². The third kappa shape index (κ3) is 4.55. The number of fused-ring (bicyclic) bond motifs is 1. The summed E-state index contributed by atoms with van der Waals surface area (Å²) in [6.45, 7) is 0. The third-order valence-electron chi connectivity index (χ3n) is 6.04. The van der Waals surface area contributed by atoms with Crippen LogP contribution in [0.2, 0.25) is 0 Å². The van der Waals surface area contributed by atoms with Gasteiger partial charge in [-0.3, -0.25) is 14.4 Å². The molecule has 0 radical (unpaired) electrons. The number of methoxy groups -OCH3 is 1. The van der Waals surface area contributed by atoms with Crippen LogP contribution >= 0.6 is 0 Å². The van der Waals surface area contributed by atoms with E-state index in [0.29, 0.717) is 17.0 Å². The van der Waals surface area contributed by atoms with E-state index < -0.39 is 6.04 Å². The number of carbonyl (C=O) groups is 3. The highest BCUT2D eigenvalue weighted by atomic mass is 16.5. The van der Waals surface area contributed by atoms with Crippen LogP contribution in [-0.4, -0.2) is 47.9 Å². The number of nitrogens with zero attached hydrogens (tertiary/aromatic N) is 1. The van der Waals surface area contributed by atoms with Crippen LogP contribution in [0.25, 0.3) is 0 Å². The van der Waals surface area contributed by atoms with Crippen LogP contribution in [0.15, 0.2) is 54.6 Å². The second-order valence-corrected chi connectivity index (χ2v) is 8.05. The number of nitrogens with one attached hydrogen (secondary N) is 2. The van der Waals surface area contributed by atoms with Crippen molar-refractivity contribution in [3.63, 3.8) is 0 Å². The number of benzene rings is 2. The van der Waals surface area contributed by atoms with Crippen molar-refractivity contribution in [2.24, 2.45) is 0 Å². The molecule has 4 rings (SSSR count). The maximum atomic E-state index is 13.4. The number of carbonyl (C=O) groups excluding carboxylic acids is 3. The van der Waals surface area contributed by atoms with E-state index in [9.17, 15) is 14.4 Å². The number of amides is 3. The fourth-order valence-corrected chi connectivity index (χ4v) is 4.55. The van der Waals surface area contributed by atoms with Crippen LogP contribution in [0.1, 0.15) is 42.5 Å². The van der Waals surface area contributed by atoms with Gasteiger partial charge in [0.1, 0.15) is 11.8 Å². The topological polar surface area (TPSA) is 87.7 Å². The molecule has 2 N–H and O–H groups in total. The van der Waals surface area contributed by atoms with Gasteiger partial charge in [-0.25, -0.2) is 0 Å². The van der Waals surface area contributed by atoms with E-state index in [4.69, 9.17) is 4.74 Å². The number of rotatable bonds is 5. The highest BCUT2D eigenvalue weighted by molar-refractivity contribution is 6.01. The van der Waals surface area contributed by atoms with Crippen molar-refractivity contribution in [3.8, 4) is 5.75 Å². The van der Waals surface area contributed by atoms with Crippen molar-refractivity contribution in [1.29, 1.82) is 0 Å². The monoisotopic (exact) mass is 421 g/mol. The van der Waals surface area contributed by atoms with Crippen LogP contribution in [0.5, 0.6) is 5.75 Å². The molecule has 1 heterocycles. The molecular formula is C24H27N3O4. The fraction of sp³-hybridized carbons (Fsp3) is 0.375. The molecule has 2 fully saturated rings. The van der Waals surface area contributed by atoms with Crippen LogP contribution < -0.4 is 15.4 Å². The molecule has 3 amide bonds. The lowest BCUT2D eigenvalue weighted by Crippen LogP contribution is -2.68. The zero-order chi connectivity index (χ0) is 21.8. The average Bonchev–Trinajstić information content (AvgIpc) is 2.80. The number of hydrogen-bond acceptors (Lipinski definition) is 4. The van der Waals surface area contributed by atoms with Gasteiger partial charge in [-0.15, -0.1) is 0 Å². The molecule has 31 heavy (non-hydrogen) atoms. The summed E-state index contributed by atoms with van der Waals surface area (Å²) in [5.41, 5.74) is 1.11. The Balaban J connectivity index is 1.57. The van der Waals surface area contributed by atoms with Crippen molar-refractivity contribution >= 4 is 23.4 Å². The molecule has 0 unspecified atom stereocenters. The lowest BCUT2D eigenvalue weighted by molar-refractivity contribution is -0.135. The van der Waals surface area contributed by atoms with Gasteiger partial charge in [-0.2, -0.15) is 0 Å². The quantitative estimate of drug-likeness (QED) is 0.777. The number of anilines is 1. The first-order valence-electron chi connectivity index (χ1n) is 10.7. The van der Waals surface area contributed by atoms with E-state index in [0.717, 1.165) is 25.7 Å². The lowest BCUT2D eigenvalue weighted by atomic mass is 9.84. The van der Waals surface area contributed by atoms with E-state index in [1.807, 2.05) is 6.07 Å². The van der Waals surface area contributed by atoms with Crippen molar-refractivity contribution in [1.82, 2.24) is 10.2 Å². The molecule has 1 saturated heterocycles. The highest BCUT2D eigenvalue weighted by Crippen LogP contribution is 2.31. The Morgan fingerprint density at radius 1 is 1.10 bits per heavy atom. The second kappa shape index (κ2) is 9.20. The smallest absolute Gasteiger partial charge is 0.254 e. The van der Waals surface area contributed by atoms with Crippen LogP contribution in [0.4, 0.5) is 5.69 Å². The van der Waals surface area contributed by atoms with Crippen molar-refractivity contribution < 1.29 is 19.1 Å². The van der Waals surface area contributed by atoms with E-state index in [2.05, 4.69) is 10.6 Å². The Bertz CT molecular complexity index is 962. The molecule has 0 spiro atoms. The SMILES string of the molecule is COc1cccc(NC(=O)C[C@@H]2C(=O)N[C@H]3CCCC[C@H]3N2C(=O)c2ccccc2)c1. The van der Waals surface area contributed by atoms with Gasteiger partial charge in [0.2, 0.25) is 11.8 Å². The zero-order valence-corrected chi connectivity index (χ0v) is 17.5. The van der Waals surface area contributed by atoms with Crippen molar-refractivity contribution in [2.45, 2.75) is 50.2 Å². The first-order chi connectivity index (χ1) is 15.1. The number of ether oxygens (including phenoxy) is 1. The normalized spacial score (nSPS) is 22.8. The molecular weight excluding hydrogens is 394 g/mol. The van der Waals surface area contributed by atoms with Gasteiger partial charge >= 0.3 is 0 Å². The molecule has 162 valence electrons. The molecule has 3 atom stereocenters. The molecule has 0 aromatic heterocycles. The average molecular weight is 421 g/mol. The van der Waals surface area contributed by atoms with Crippen LogP contribution in [-0.2, 0) is 9.59 Å². The molecule has 2 aromatic rings. The summed E-state index contributed by atoms with van der Waals surface area (Å²) in [6, 6.07) is 15.0. The van der Waals surface area contributed by atoms with E-state index in [1.54, 1.807) is 60.5 Å². The van der Waals surface area contributed by atoms with Gasteiger partial charge in [0.15, 0.2) is 0 Å². The van der Waals surface area contributed by atoms with Gasteiger partial charge in [0.05, 0.1) is 19.6 Å². The maximum Gasteiger partial charge on any atom is 0.254 e. The summed E-state index contributed by atoms with van der Waals surface area (Å²) >= 11 is 0. The van der Waals surface area contributed by atoms with Gasteiger partial charge in [0.25, 0.3) is 5.91 Å². The molecule has 7 nitrogen and oxygen atoms in total. The fourth-order valence-electron chi connectivity index (χ4n) is 4.55. The van der Waals surface area contributed by atoms with Gasteiger partial charge < -0.3 is 20.3 Å². The van der Waals surface area contributed by atoms with Crippen LogP contribution in [0, 0.1) is 0 Å². The lowest BCUT2D eigenvalue weighted by Gasteiger charge is -2.48. The summed E-state index contributed by atoms with van der Waals surface area (Å²) in [5, 5.41) is 5.88. The number of hydrogen-bond donors (Lipinski definition) is 2. The Hall–Kier alpha value is -3.35. The summed E-state index contributed by atoms with van der Waals surface area (Å²) in [5.74, 6) is -0.174. The molecule has 1 saturated carbocycles. The first-order valence-corrected chi connectivity index (χ1v) is 10.7. The van der Waals surface area contributed by atoms with Gasteiger partial charge in [0, 0.05) is 23.4 Å². The summed E-state index contributed by atoms with van der Waals surface area (Å²) < 4.78 is 5.19. The Morgan fingerprint density at radius 3 is 2.65 bits per heavy atom. The van der Waals surface area contributed by atoms with Gasteiger partial charge in [-0.05, 0) is 37.1 Å². The molecule has 2 aromatic carbocycles. The molecule has 1 aliphatic heterocycles. The van der Waals surface area contributed by atoms with E-state index in [-0.39, 0.29) is 36.2 Å². The minimum Gasteiger partial charge on any atom is -0.497 e. The Morgan fingerprint density at radius 2 is 1.87 bits per heavy atom. The predicted octanol–water partition coefficient (Wildman–Crippen LogP) is 2.98. The maximum absolute atomic E-state index is 13.4. The first kappa shape index (κ1) is 20.9. The Kier molecular flexibility index (Phi) is 6.21. The minimum absolute atomic E-state index is 0.0633. The largest absolute Gasteiger partial charge is 0.497 e. The Labute approximate surface area is 181 Å². The number of piperazine rings is 1. The predicted molar refractivity (Wildman–Crippen MR) is 117 cm³/mol. The summed E-state index contributed by atoms with van der Waals surface area (Å²) in [4.78, 5) is 40.9. The highest BCUT2D eigenvalue weighted by Gasteiger charge is 2.46. The molecule has 0 bridgehead atoms. The zero-order valence-electron chi connectivity index (χ0n) is 17.5. The van der Waals surface area contributed by atoms with Crippen molar-refractivity contribution in [2.75, 3.05) is 12.4 Å². The third-order valence-corrected chi connectivity index (χ3v) is 6.04. The molecule has 7 heteroatoms. The summed E-state index contributed by atoms with van der Waals surface area (Å²) in [7, 11) is 1.56. The molecule has 2 aliphatic rings. The van der Waals surface area contributed by atoms with Gasteiger partial charge in [-0.1, -0.05) is 37.1 Å². The van der Waals surface area contributed by atoms with Crippen molar-refractivity contribution in [3.05, 3.63) is 60.2 Å².